The lowest BCUT2D eigenvalue weighted by molar-refractivity contribution is 0.231. The first-order chi connectivity index (χ1) is 8.46. The Bertz CT molecular complexity index is 619. The van der Waals surface area contributed by atoms with E-state index in [0.29, 0.717) is 11.6 Å². The Morgan fingerprint density at radius 2 is 1.94 bits per heavy atom. The first kappa shape index (κ1) is 12.8. The quantitative estimate of drug-likeness (QED) is 0.795. The maximum absolute atomic E-state index is 11.0. The summed E-state index contributed by atoms with van der Waals surface area (Å²) in [6.07, 6.45) is 1.74. The third kappa shape index (κ3) is 3.18. The lowest BCUT2D eigenvalue weighted by atomic mass is 10.2. The second-order valence-electron chi connectivity index (χ2n) is 3.89. The van der Waals surface area contributed by atoms with Crippen molar-refractivity contribution in [3.8, 4) is 11.5 Å². The summed E-state index contributed by atoms with van der Waals surface area (Å²) in [7, 11) is -3.51. The summed E-state index contributed by atoms with van der Waals surface area (Å²) in [4.78, 5) is 4.21. The first-order valence-corrected chi connectivity index (χ1v) is 7.16. The molecule has 5 nitrogen and oxygen atoms in total. The highest BCUT2D eigenvalue weighted by Crippen LogP contribution is 2.23. The van der Waals surface area contributed by atoms with E-state index >= 15 is 0 Å². The van der Waals surface area contributed by atoms with Crippen LogP contribution in [0.4, 0.5) is 0 Å². The van der Waals surface area contributed by atoms with Gasteiger partial charge in [0, 0.05) is 5.56 Å². The summed E-state index contributed by atoms with van der Waals surface area (Å²) in [5.74, 6) is 0.439. The average molecular weight is 267 g/mol. The van der Waals surface area contributed by atoms with Crippen LogP contribution in [0.25, 0.3) is 11.5 Å². The third-order valence-electron chi connectivity index (χ3n) is 2.28. The van der Waals surface area contributed by atoms with Crippen LogP contribution in [-0.2, 0) is 14.3 Å². The maximum atomic E-state index is 11.0. The van der Waals surface area contributed by atoms with Crippen molar-refractivity contribution in [1.82, 2.24) is 4.98 Å². The molecule has 0 aliphatic carbocycles. The maximum Gasteiger partial charge on any atom is 0.265 e. The second-order valence-corrected chi connectivity index (χ2v) is 5.49. The van der Waals surface area contributed by atoms with Crippen LogP contribution in [0, 0.1) is 0 Å². The molecule has 1 unspecified atom stereocenters. The smallest absolute Gasteiger partial charge is 0.265 e. The lowest BCUT2D eigenvalue weighted by Crippen LogP contribution is -2.07. The Kier molecular flexibility index (Phi) is 3.49. The van der Waals surface area contributed by atoms with Gasteiger partial charge in [0.15, 0.2) is 0 Å². The number of nitrogens with zero attached hydrogens (tertiary/aromatic N) is 1. The van der Waals surface area contributed by atoms with Crippen LogP contribution in [0.15, 0.2) is 41.0 Å². The number of benzene rings is 1. The van der Waals surface area contributed by atoms with E-state index in [1.165, 1.54) is 6.26 Å². The SMILES string of the molecule is CC(OS(C)(=O)=O)c1coc(-c2ccccc2)n1. The van der Waals surface area contributed by atoms with Crippen molar-refractivity contribution >= 4 is 10.1 Å². The highest BCUT2D eigenvalue weighted by atomic mass is 32.2. The molecule has 96 valence electrons. The zero-order chi connectivity index (χ0) is 13.2. The van der Waals surface area contributed by atoms with Gasteiger partial charge in [-0.1, -0.05) is 18.2 Å². The number of hydrogen-bond acceptors (Lipinski definition) is 5. The Morgan fingerprint density at radius 1 is 1.28 bits per heavy atom. The molecule has 18 heavy (non-hydrogen) atoms. The minimum absolute atomic E-state index is 0.439. The molecule has 0 N–H and O–H groups in total. The summed E-state index contributed by atoms with van der Waals surface area (Å²) in [5.41, 5.74) is 1.27. The van der Waals surface area contributed by atoms with Crippen molar-refractivity contribution in [3.63, 3.8) is 0 Å². The summed E-state index contributed by atoms with van der Waals surface area (Å²) < 4.78 is 32.1. The van der Waals surface area contributed by atoms with Crippen LogP contribution in [0.2, 0.25) is 0 Å². The molecule has 0 amide bonds. The van der Waals surface area contributed by atoms with Gasteiger partial charge in [-0.2, -0.15) is 8.42 Å². The molecule has 0 spiro atoms. The van der Waals surface area contributed by atoms with Gasteiger partial charge in [0.1, 0.15) is 18.1 Å². The van der Waals surface area contributed by atoms with Gasteiger partial charge in [-0.25, -0.2) is 4.98 Å². The average Bonchev–Trinajstić information content (AvgIpc) is 2.77. The van der Waals surface area contributed by atoms with Gasteiger partial charge in [-0.15, -0.1) is 0 Å². The Balaban J connectivity index is 2.21. The molecular formula is C12H13NO4S. The molecule has 2 rings (SSSR count). The molecule has 1 atom stereocenters. The molecule has 1 heterocycles. The number of aromatic nitrogens is 1. The fourth-order valence-electron chi connectivity index (χ4n) is 1.50. The Labute approximate surface area is 106 Å². The molecule has 0 saturated heterocycles. The standard InChI is InChI=1S/C12H13NO4S/c1-9(17-18(2,14)15)11-8-16-12(13-11)10-6-4-3-5-7-10/h3-9H,1-2H3. The minimum atomic E-state index is -3.51. The largest absolute Gasteiger partial charge is 0.444 e. The highest BCUT2D eigenvalue weighted by molar-refractivity contribution is 7.86. The second kappa shape index (κ2) is 4.91. The number of hydrogen-bond donors (Lipinski definition) is 0. The molecule has 0 bridgehead atoms. The summed E-state index contributed by atoms with van der Waals surface area (Å²) in [5, 5.41) is 0. The topological polar surface area (TPSA) is 69.4 Å². The molecule has 1 aromatic carbocycles. The monoisotopic (exact) mass is 267 g/mol. The molecule has 0 radical (unpaired) electrons. The van der Waals surface area contributed by atoms with Gasteiger partial charge < -0.3 is 4.42 Å². The van der Waals surface area contributed by atoms with Gasteiger partial charge in [0.2, 0.25) is 5.89 Å². The van der Waals surface area contributed by atoms with Gasteiger partial charge in [0.05, 0.1) is 6.26 Å². The summed E-state index contributed by atoms with van der Waals surface area (Å²) in [6, 6.07) is 9.35. The van der Waals surface area contributed by atoms with Crippen LogP contribution >= 0.6 is 0 Å². The van der Waals surface area contributed by atoms with Crippen molar-refractivity contribution in [2.24, 2.45) is 0 Å². The molecule has 6 heteroatoms. The van der Waals surface area contributed by atoms with Crippen molar-refractivity contribution in [2.75, 3.05) is 6.26 Å². The van der Waals surface area contributed by atoms with Crippen molar-refractivity contribution < 1.29 is 17.0 Å². The van der Waals surface area contributed by atoms with Gasteiger partial charge in [0.25, 0.3) is 10.1 Å². The predicted molar refractivity (Wildman–Crippen MR) is 66.3 cm³/mol. The van der Waals surface area contributed by atoms with Gasteiger partial charge >= 0.3 is 0 Å². The molecule has 2 aromatic rings. The molecule has 0 aliphatic rings. The van der Waals surface area contributed by atoms with Crippen molar-refractivity contribution in [3.05, 3.63) is 42.3 Å². The predicted octanol–water partition coefficient (Wildman–Crippen LogP) is 2.38. The Hall–Kier alpha value is -1.66. The van der Waals surface area contributed by atoms with Crippen molar-refractivity contribution in [1.29, 1.82) is 0 Å². The minimum Gasteiger partial charge on any atom is -0.444 e. The van der Waals surface area contributed by atoms with E-state index in [1.807, 2.05) is 30.3 Å². The third-order valence-corrected chi connectivity index (χ3v) is 2.92. The zero-order valence-corrected chi connectivity index (χ0v) is 10.8. The molecule has 0 fully saturated rings. The van der Waals surface area contributed by atoms with E-state index in [-0.39, 0.29) is 0 Å². The van der Waals surface area contributed by atoms with Crippen LogP contribution in [0.3, 0.4) is 0 Å². The normalized spacial score (nSPS) is 13.4. The van der Waals surface area contributed by atoms with E-state index < -0.39 is 16.2 Å². The molecule has 0 aliphatic heterocycles. The van der Waals surface area contributed by atoms with E-state index in [4.69, 9.17) is 8.60 Å². The fourth-order valence-corrected chi connectivity index (χ4v) is 2.12. The molecular weight excluding hydrogens is 254 g/mol. The van der Waals surface area contributed by atoms with E-state index in [9.17, 15) is 8.42 Å². The lowest BCUT2D eigenvalue weighted by Gasteiger charge is -2.06. The van der Waals surface area contributed by atoms with Crippen LogP contribution in [0.1, 0.15) is 18.7 Å². The molecule has 1 aromatic heterocycles. The zero-order valence-electron chi connectivity index (χ0n) is 10.0. The fraction of sp³-hybridized carbons (Fsp3) is 0.250. The summed E-state index contributed by atoms with van der Waals surface area (Å²) in [6.45, 7) is 1.60. The van der Waals surface area contributed by atoms with Crippen LogP contribution < -0.4 is 0 Å². The van der Waals surface area contributed by atoms with E-state index in [2.05, 4.69) is 4.98 Å². The van der Waals surface area contributed by atoms with Crippen LogP contribution in [-0.4, -0.2) is 19.7 Å². The summed E-state index contributed by atoms with van der Waals surface area (Å²) >= 11 is 0. The Morgan fingerprint density at radius 3 is 2.56 bits per heavy atom. The number of rotatable bonds is 4. The van der Waals surface area contributed by atoms with Gasteiger partial charge in [-0.05, 0) is 19.1 Å². The van der Waals surface area contributed by atoms with E-state index in [1.54, 1.807) is 6.92 Å². The molecule has 0 saturated carbocycles. The van der Waals surface area contributed by atoms with Crippen LogP contribution in [0.5, 0.6) is 0 Å². The highest BCUT2D eigenvalue weighted by Gasteiger charge is 2.17. The van der Waals surface area contributed by atoms with Gasteiger partial charge in [-0.3, -0.25) is 4.18 Å². The van der Waals surface area contributed by atoms with Crippen molar-refractivity contribution in [2.45, 2.75) is 13.0 Å². The first-order valence-electron chi connectivity index (χ1n) is 5.35. The van der Waals surface area contributed by atoms with E-state index in [0.717, 1.165) is 11.8 Å². The number of oxazole rings is 1.